The number of carboxylic acids is 1. The summed E-state index contributed by atoms with van der Waals surface area (Å²) in [6, 6.07) is -1.27. The molecule has 0 heterocycles. The van der Waals surface area contributed by atoms with E-state index in [1.54, 1.807) is 20.8 Å². The molecule has 0 aromatic rings. The van der Waals surface area contributed by atoms with Crippen LogP contribution in [0.15, 0.2) is 0 Å². The van der Waals surface area contributed by atoms with E-state index in [1.165, 1.54) is 0 Å². The number of amides is 2. The maximum atomic E-state index is 11.7. The summed E-state index contributed by atoms with van der Waals surface area (Å²) in [4.78, 5) is 22.8. The van der Waals surface area contributed by atoms with E-state index in [9.17, 15) is 9.59 Å². The van der Waals surface area contributed by atoms with Gasteiger partial charge in [0.05, 0.1) is 0 Å². The SMILES string of the molecule is CCC1(CNC(=O)N[C@H](C(=O)O)C(C)(C)C)CC1. The van der Waals surface area contributed by atoms with Crippen LogP contribution < -0.4 is 10.6 Å². The number of hydrogen-bond donors (Lipinski definition) is 3. The second-order valence-electron chi connectivity index (χ2n) is 6.32. The van der Waals surface area contributed by atoms with Gasteiger partial charge in [-0.15, -0.1) is 0 Å². The molecule has 1 aliphatic carbocycles. The van der Waals surface area contributed by atoms with E-state index in [4.69, 9.17) is 5.11 Å². The molecule has 0 unspecified atom stereocenters. The summed E-state index contributed by atoms with van der Waals surface area (Å²) >= 11 is 0. The number of rotatable bonds is 5. The van der Waals surface area contributed by atoms with Gasteiger partial charge in [-0.1, -0.05) is 27.7 Å². The van der Waals surface area contributed by atoms with Crippen molar-refractivity contribution in [3.63, 3.8) is 0 Å². The first-order chi connectivity index (χ1) is 8.20. The maximum Gasteiger partial charge on any atom is 0.326 e. The normalized spacial score (nSPS) is 18.9. The maximum absolute atomic E-state index is 11.7. The molecule has 1 atom stereocenters. The number of carbonyl (C=O) groups is 2. The minimum atomic E-state index is -1.01. The van der Waals surface area contributed by atoms with Crippen molar-refractivity contribution < 1.29 is 14.7 Å². The molecule has 0 aliphatic heterocycles. The Balaban J connectivity index is 2.45. The Morgan fingerprint density at radius 2 is 1.89 bits per heavy atom. The standard InChI is InChI=1S/C13H24N2O3/c1-5-13(6-7-13)8-14-11(18)15-9(10(16)17)12(2,3)4/h9H,5-8H2,1-4H3,(H,16,17)(H2,14,15,18)/t9-/m1/s1. The van der Waals surface area contributed by atoms with Crippen LogP contribution in [-0.2, 0) is 4.79 Å². The van der Waals surface area contributed by atoms with E-state index in [1.807, 2.05) is 0 Å². The Hall–Kier alpha value is -1.26. The minimum absolute atomic E-state index is 0.262. The monoisotopic (exact) mass is 256 g/mol. The summed E-state index contributed by atoms with van der Waals surface area (Å²) in [5.41, 5.74) is -0.247. The van der Waals surface area contributed by atoms with E-state index < -0.39 is 23.5 Å². The van der Waals surface area contributed by atoms with Crippen LogP contribution in [0.3, 0.4) is 0 Å². The summed E-state index contributed by atoms with van der Waals surface area (Å²) < 4.78 is 0. The lowest BCUT2D eigenvalue weighted by molar-refractivity contribution is -0.141. The highest BCUT2D eigenvalue weighted by Crippen LogP contribution is 2.47. The molecule has 1 fully saturated rings. The van der Waals surface area contributed by atoms with Crippen molar-refractivity contribution in [2.75, 3.05) is 6.54 Å². The first kappa shape index (κ1) is 14.8. The first-order valence-corrected chi connectivity index (χ1v) is 6.47. The van der Waals surface area contributed by atoms with Crippen LogP contribution in [0.25, 0.3) is 0 Å². The summed E-state index contributed by atoms with van der Waals surface area (Å²) in [6.45, 7) is 8.12. The number of carboxylic acid groups (broad SMARTS) is 1. The fraction of sp³-hybridized carbons (Fsp3) is 0.846. The molecule has 5 nitrogen and oxygen atoms in total. The average Bonchev–Trinajstić information content (AvgIpc) is 3.02. The Bertz CT molecular complexity index is 330. The van der Waals surface area contributed by atoms with E-state index in [0.29, 0.717) is 6.54 Å². The number of hydrogen-bond acceptors (Lipinski definition) is 2. The van der Waals surface area contributed by atoms with Crippen LogP contribution in [0.1, 0.15) is 47.0 Å². The van der Waals surface area contributed by atoms with Gasteiger partial charge in [-0.2, -0.15) is 0 Å². The van der Waals surface area contributed by atoms with Gasteiger partial charge in [0, 0.05) is 6.54 Å². The fourth-order valence-corrected chi connectivity index (χ4v) is 1.93. The Labute approximate surface area is 108 Å². The third-order valence-corrected chi connectivity index (χ3v) is 3.72. The molecule has 0 bridgehead atoms. The molecule has 0 saturated heterocycles. The van der Waals surface area contributed by atoms with Crippen LogP contribution in [0.5, 0.6) is 0 Å². The van der Waals surface area contributed by atoms with Gasteiger partial charge in [0.25, 0.3) is 0 Å². The van der Waals surface area contributed by atoms with Crippen molar-refractivity contribution in [1.29, 1.82) is 0 Å². The van der Waals surface area contributed by atoms with Gasteiger partial charge in [0.15, 0.2) is 0 Å². The van der Waals surface area contributed by atoms with Crippen molar-refractivity contribution in [1.82, 2.24) is 10.6 Å². The molecule has 1 saturated carbocycles. The van der Waals surface area contributed by atoms with Crippen LogP contribution in [0, 0.1) is 10.8 Å². The molecular formula is C13H24N2O3. The lowest BCUT2D eigenvalue weighted by atomic mass is 9.87. The molecule has 104 valence electrons. The third-order valence-electron chi connectivity index (χ3n) is 3.72. The average molecular weight is 256 g/mol. The number of nitrogens with one attached hydrogen (secondary N) is 2. The zero-order valence-corrected chi connectivity index (χ0v) is 11.7. The molecule has 18 heavy (non-hydrogen) atoms. The number of aliphatic carboxylic acids is 1. The molecule has 1 rings (SSSR count). The van der Waals surface area contributed by atoms with E-state index >= 15 is 0 Å². The van der Waals surface area contributed by atoms with Crippen LogP contribution in [0.4, 0.5) is 4.79 Å². The highest BCUT2D eigenvalue weighted by Gasteiger charge is 2.41. The lowest BCUT2D eigenvalue weighted by Crippen LogP contribution is -2.52. The van der Waals surface area contributed by atoms with Gasteiger partial charge in [0.1, 0.15) is 6.04 Å². The molecule has 3 N–H and O–H groups in total. The fourth-order valence-electron chi connectivity index (χ4n) is 1.93. The Morgan fingerprint density at radius 3 is 2.22 bits per heavy atom. The van der Waals surface area contributed by atoms with Gasteiger partial charge in [-0.3, -0.25) is 0 Å². The van der Waals surface area contributed by atoms with Gasteiger partial charge >= 0.3 is 12.0 Å². The zero-order chi connectivity index (χ0) is 14.0. The molecule has 0 aromatic carbocycles. The predicted molar refractivity (Wildman–Crippen MR) is 69.4 cm³/mol. The van der Waals surface area contributed by atoms with E-state index in [-0.39, 0.29) is 5.41 Å². The first-order valence-electron chi connectivity index (χ1n) is 6.47. The quantitative estimate of drug-likeness (QED) is 0.703. The van der Waals surface area contributed by atoms with E-state index in [0.717, 1.165) is 19.3 Å². The molecule has 0 aromatic heterocycles. The van der Waals surface area contributed by atoms with E-state index in [2.05, 4.69) is 17.6 Å². The third kappa shape index (κ3) is 3.89. The molecule has 2 amide bonds. The summed E-state index contributed by atoms with van der Waals surface area (Å²) in [5.74, 6) is -1.01. The second-order valence-corrected chi connectivity index (χ2v) is 6.32. The molecule has 0 spiro atoms. The highest BCUT2D eigenvalue weighted by molar-refractivity contribution is 5.83. The minimum Gasteiger partial charge on any atom is -0.480 e. The lowest BCUT2D eigenvalue weighted by Gasteiger charge is -2.28. The summed E-state index contributed by atoms with van der Waals surface area (Å²) in [6.07, 6.45) is 3.34. The second kappa shape index (κ2) is 5.16. The van der Waals surface area contributed by atoms with Gasteiger partial charge in [-0.25, -0.2) is 9.59 Å². The number of carbonyl (C=O) groups excluding carboxylic acids is 1. The topological polar surface area (TPSA) is 78.4 Å². The van der Waals surface area contributed by atoms with Gasteiger partial charge in [-0.05, 0) is 30.1 Å². The molecule has 0 radical (unpaired) electrons. The van der Waals surface area contributed by atoms with Crippen molar-refractivity contribution in [2.24, 2.45) is 10.8 Å². The van der Waals surface area contributed by atoms with Crippen LogP contribution in [-0.4, -0.2) is 29.7 Å². The smallest absolute Gasteiger partial charge is 0.326 e. The van der Waals surface area contributed by atoms with Gasteiger partial charge in [0.2, 0.25) is 0 Å². The Morgan fingerprint density at radius 1 is 1.33 bits per heavy atom. The van der Waals surface area contributed by atoms with Crippen molar-refractivity contribution in [2.45, 2.75) is 53.0 Å². The molecular weight excluding hydrogens is 232 g/mol. The van der Waals surface area contributed by atoms with Crippen LogP contribution in [0.2, 0.25) is 0 Å². The molecule has 1 aliphatic rings. The predicted octanol–water partition coefficient (Wildman–Crippen LogP) is 1.98. The summed E-state index contributed by atoms with van der Waals surface area (Å²) in [5, 5.41) is 14.4. The van der Waals surface area contributed by atoms with Crippen LogP contribution >= 0.6 is 0 Å². The van der Waals surface area contributed by atoms with Crippen molar-refractivity contribution in [3.05, 3.63) is 0 Å². The number of urea groups is 1. The van der Waals surface area contributed by atoms with Gasteiger partial charge < -0.3 is 15.7 Å². The Kier molecular flexibility index (Phi) is 4.24. The highest BCUT2D eigenvalue weighted by atomic mass is 16.4. The zero-order valence-electron chi connectivity index (χ0n) is 11.7. The molecule has 5 heteroatoms. The largest absolute Gasteiger partial charge is 0.480 e. The van der Waals surface area contributed by atoms with Crippen molar-refractivity contribution in [3.8, 4) is 0 Å². The van der Waals surface area contributed by atoms with Crippen molar-refractivity contribution >= 4 is 12.0 Å². The summed E-state index contributed by atoms with van der Waals surface area (Å²) in [7, 11) is 0.